The SMILES string of the molecule is CCCNC(c1cccc(Cl)c1Cl)C(C)(CC)OCC. The second-order valence-corrected chi connectivity index (χ2v) is 5.91. The second kappa shape index (κ2) is 8.23. The maximum absolute atomic E-state index is 6.40. The van der Waals surface area contributed by atoms with E-state index in [2.05, 4.69) is 26.1 Å². The van der Waals surface area contributed by atoms with Crippen molar-refractivity contribution in [2.75, 3.05) is 13.2 Å². The molecule has 1 rings (SSSR count). The zero-order chi connectivity index (χ0) is 15.2. The minimum Gasteiger partial charge on any atom is -0.374 e. The van der Waals surface area contributed by atoms with Gasteiger partial charge in [-0.25, -0.2) is 0 Å². The fourth-order valence-corrected chi connectivity index (χ4v) is 2.82. The second-order valence-electron chi connectivity index (χ2n) is 5.13. The van der Waals surface area contributed by atoms with Crippen LogP contribution in [-0.4, -0.2) is 18.8 Å². The molecule has 0 amide bonds. The first-order valence-corrected chi connectivity index (χ1v) is 8.07. The van der Waals surface area contributed by atoms with Crippen molar-refractivity contribution in [2.24, 2.45) is 0 Å². The highest BCUT2D eigenvalue weighted by atomic mass is 35.5. The van der Waals surface area contributed by atoms with Crippen molar-refractivity contribution in [1.29, 1.82) is 0 Å². The van der Waals surface area contributed by atoms with Crippen LogP contribution in [0.25, 0.3) is 0 Å². The van der Waals surface area contributed by atoms with Crippen molar-refractivity contribution in [3.8, 4) is 0 Å². The molecule has 0 fully saturated rings. The third kappa shape index (κ3) is 4.11. The van der Waals surface area contributed by atoms with Gasteiger partial charge in [-0.1, -0.05) is 49.2 Å². The normalized spacial score (nSPS) is 15.9. The van der Waals surface area contributed by atoms with Crippen LogP contribution in [0.5, 0.6) is 0 Å². The lowest BCUT2D eigenvalue weighted by Gasteiger charge is -2.38. The highest BCUT2D eigenvalue weighted by Gasteiger charge is 2.35. The third-order valence-corrected chi connectivity index (χ3v) is 4.51. The Morgan fingerprint density at radius 1 is 1.25 bits per heavy atom. The fraction of sp³-hybridized carbons (Fsp3) is 0.625. The molecular weight excluding hydrogens is 293 g/mol. The summed E-state index contributed by atoms with van der Waals surface area (Å²) in [4.78, 5) is 0. The first-order chi connectivity index (χ1) is 9.50. The topological polar surface area (TPSA) is 21.3 Å². The largest absolute Gasteiger partial charge is 0.374 e. The summed E-state index contributed by atoms with van der Waals surface area (Å²) in [5.74, 6) is 0. The van der Waals surface area contributed by atoms with Crippen LogP contribution in [0.1, 0.15) is 52.1 Å². The van der Waals surface area contributed by atoms with Gasteiger partial charge in [0.05, 0.1) is 21.7 Å². The average Bonchev–Trinajstić information content (AvgIpc) is 2.44. The van der Waals surface area contributed by atoms with Gasteiger partial charge in [-0.2, -0.15) is 0 Å². The lowest BCUT2D eigenvalue weighted by atomic mass is 9.87. The highest BCUT2D eigenvalue weighted by Crippen LogP contribution is 2.38. The van der Waals surface area contributed by atoms with E-state index in [1.165, 1.54) is 0 Å². The van der Waals surface area contributed by atoms with E-state index in [1.807, 2.05) is 25.1 Å². The van der Waals surface area contributed by atoms with Crippen LogP contribution in [0.15, 0.2) is 18.2 Å². The summed E-state index contributed by atoms with van der Waals surface area (Å²) in [7, 11) is 0. The Morgan fingerprint density at radius 3 is 2.50 bits per heavy atom. The quantitative estimate of drug-likeness (QED) is 0.708. The molecule has 0 saturated heterocycles. The summed E-state index contributed by atoms with van der Waals surface area (Å²) >= 11 is 12.6. The number of rotatable bonds is 8. The van der Waals surface area contributed by atoms with Crippen molar-refractivity contribution < 1.29 is 4.74 Å². The van der Waals surface area contributed by atoms with E-state index in [0.29, 0.717) is 16.7 Å². The molecule has 0 radical (unpaired) electrons. The molecule has 2 nitrogen and oxygen atoms in total. The number of nitrogens with one attached hydrogen (secondary N) is 1. The Labute approximate surface area is 132 Å². The fourth-order valence-electron chi connectivity index (χ4n) is 2.41. The van der Waals surface area contributed by atoms with Gasteiger partial charge in [0.1, 0.15) is 0 Å². The average molecular weight is 318 g/mol. The van der Waals surface area contributed by atoms with Gasteiger partial charge in [-0.15, -0.1) is 0 Å². The van der Waals surface area contributed by atoms with E-state index < -0.39 is 0 Å². The zero-order valence-corrected chi connectivity index (χ0v) is 14.3. The predicted octanol–water partition coefficient (Wildman–Crippen LogP) is 5.24. The van der Waals surface area contributed by atoms with Gasteiger partial charge in [-0.3, -0.25) is 0 Å². The van der Waals surface area contributed by atoms with Crippen molar-refractivity contribution >= 4 is 23.2 Å². The van der Waals surface area contributed by atoms with Crippen molar-refractivity contribution in [2.45, 2.75) is 52.2 Å². The van der Waals surface area contributed by atoms with E-state index in [4.69, 9.17) is 27.9 Å². The molecule has 1 aromatic rings. The number of ether oxygens (including phenoxy) is 1. The summed E-state index contributed by atoms with van der Waals surface area (Å²) in [5, 5.41) is 4.76. The van der Waals surface area contributed by atoms with Gasteiger partial charge in [0, 0.05) is 6.61 Å². The summed E-state index contributed by atoms with van der Waals surface area (Å²) in [5.41, 5.74) is 0.698. The van der Waals surface area contributed by atoms with Gasteiger partial charge >= 0.3 is 0 Å². The maximum Gasteiger partial charge on any atom is 0.0846 e. The molecule has 0 aliphatic rings. The molecular formula is C16H25Cl2NO. The van der Waals surface area contributed by atoms with Gasteiger partial charge in [0.2, 0.25) is 0 Å². The lowest BCUT2D eigenvalue weighted by molar-refractivity contribution is -0.0562. The first kappa shape index (κ1) is 17.8. The summed E-state index contributed by atoms with van der Waals surface area (Å²) in [6.45, 7) is 10.0. The molecule has 1 N–H and O–H groups in total. The highest BCUT2D eigenvalue weighted by molar-refractivity contribution is 6.42. The van der Waals surface area contributed by atoms with Gasteiger partial charge in [0.15, 0.2) is 0 Å². The van der Waals surface area contributed by atoms with Gasteiger partial charge in [0.25, 0.3) is 0 Å². The molecule has 114 valence electrons. The molecule has 2 atom stereocenters. The minimum atomic E-state index is -0.307. The van der Waals surface area contributed by atoms with Crippen molar-refractivity contribution in [1.82, 2.24) is 5.32 Å². The number of benzene rings is 1. The molecule has 0 bridgehead atoms. The van der Waals surface area contributed by atoms with E-state index in [-0.39, 0.29) is 11.6 Å². The number of hydrogen-bond acceptors (Lipinski definition) is 2. The van der Waals surface area contributed by atoms with Crippen LogP contribution in [0, 0.1) is 0 Å². The molecule has 20 heavy (non-hydrogen) atoms. The Morgan fingerprint density at radius 2 is 1.95 bits per heavy atom. The van der Waals surface area contributed by atoms with Crippen LogP contribution in [-0.2, 0) is 4.74 Å². The predicted molar refractivity (Wildman–Crippen MR) is 87.8 cm³/mol. The lowest BCUT2D eigenvalue weighted by Crippen LogP contribution is -2.44. The molecule has 0 saturated carbocycles. The molecule has 4 heteroatoms. The third-order valence-electron chi connectivity index (χ3n) is 3.68. The van der Waals surface area contributed by atoms with Crippen molar-refractivity contribution in [3.05, 3.63) is 33.8 Å². The van der Waals surface area contributed by atoms with E-state index >= 15 is 0 Å². The monoisotopic (exact) mass is 317 g/mol. The van der Waals surface area contributed by atoms with Crippen LogP contribution in [0.4, 0.5) is 0 Å². The molecule has 0 aromatic heterocycles. The van der Waals surface area contributed by atoms with E-state index in [9.17, 15) is 0 Å². The summed E-state index contributed by atoms with van der Waals surface area (Å²) < 4.78 is 6.02. The summed E-state index contributed by atoms with van der Waals surface area (Å²) in [6.07, 6.45) is 1.95. The number of halogens is 2. The standard InChI is InChI=1S/C16H25Cl2NO/c1-5-11-19-15(16(4,6-2)20-7-3)12-9-8-10-13(17)14(12)18/h8-10,15,19H,5-7,11H2,1-4H3. The van der Waals surface area contributed by atoms with Crippen LogP contribution in [0.2, 0.25) is 10.0 Å². The van der Waals surface area contributed by atoms with Gasteiger partial charge in [-0.05, 0) is 44.9 Å². The van der Waals surface area contributed by atoms with Crippen LogP contribution in [0.3, 0.4) is 0 Å². The van der Waals surface area contributed by atoms with Crippen molar-refractivity contribution in [3.63, 3.8) is 0 Å². The van der Waals surface area contributed by atoms with E-state index in [1.54, 1.807) is 0 Å². The molecule has 0 heterocycles. The van der Waals surface area contributed by atoms with E-state index in [0.717, 1.165) is 24.9 Å². The van der Waals surface area contributed by atoms with Crippen LogP contribution >= 0.6 is 23.2 Å². The maximum atomic E-state index is 6.40. The minimum absolute atomic E-state index is 0.0265. The Balaban J connectivity index is 3.20. The Kier molecular flexibility index (Phi) is 7.32. The zero-order valence-electron chi connectivity index (χ0n) is 12.8. The molecule has 0 spiro atoms. The Bertz CT molecular complexity index is 425. The van der Waals surface area contributed by atoms with Gasteiger partial charge < -0.3 is 10.1 Å². The molecule has 2 unspecified atom stereocenters. The van der Waals surface area contributed by atoms with Crippen LogP contribution < -0.4 is 5.32 Å². The summed E-state index contributed by atoms with van der Waals surface area (Å²) in [6, 6.07) is 5.80. The molecule has 0 aliphatic heterocycles. The molecule has 1 aromatic carbocycles. The number of hydrogen-bond donors (Lipinski definition) is 1. The first-order valence-electron chi connectivity index (χ1n) is 7.31. The molecule has 0 aliphatic carbocycles. The Hall–Kier alpha value is -0.280. The smallest absolute Gasteiger partial charge is 0.0846 e.